The second-order valence-electron chi connectivity index (χ2n) is 15.9. The summed E-state index contributed by atoms with van der Waals surface area (Å²) in [6, 6.07) is 2.10. The molecule has 0 spiro atoms. The van der Waals surface area contributed by atoms with E-state index in [0.29, 0.717) is 79.3 Å². The average molecular weight is 789 g/mol. The highest BCUT2D eigenvalue weighted by molar-refractivity contribution is 6.01. The van der Waals surface area contributed by atoms with E-state index in [1.807, 2.05) is 46.9 Å². The van der Waals surface area contributed by atoms with Gasteiger partial charge in [-0.1, -0.05) is 0 Å². The first-order chi connectivity index (χ1) is 27.4. The fourth-order valence-electron chi connectivity index (χ4n) is 8.42. The molecule has 4 aliphatic rings. The number of carbonyl (C=O) groups is 2. The van der Waals surface area contributed by atoms with E-state index in [0.717, 1.165) is 26.2 Å². The number of rotatable bonds is 10. The number of nitrogens with one attached hydrogen (secondary N) is 2. The Morgan fingerprint density at radius 2 is 1.04 bits per heavy atom. The molecule has 0 radical (unpaired) electrons. The van der Waals surface area contributed by atoms with E-state index in [2.05, 4.69) is 20.4 Å². The van der Waals surface area contributed by atoms with E-state index in [-0.39, 0.29) is 60.3 Å². The third-order valence-electron chi connectivity index (χ3n) is 11.8. The van der Waals surface area contributed by atoms with Gasteiger partial charge in [0.25, 0.3) is 11.8 Å². The highest BCUT2D eigenvalue weighted by Crippen LogP contribution is 2.43. The van der Waals surface area contributed by atoms with Gasteiger partial charge in [0.2, 0.25) is 10.9 Å². The molecule has 2 aromatic carbocycles. The number of benzene rings is 2. The second kappa shape index (κ2) is 15.6. The van der Waals surface area contributed by atoms with Gasteiger partial charge in [0, 0.05) is 77.8 Å². The normalized spacial score (nSPS) is 19.8. The minimum atomic E-state index is -0.556. The third kappa shape index (κ3) is 7.06. The predicted molar refractivity (Wildman–Crippen MR) is 215 cm³/mol. The van der Waals surface area contributed by atoms with E-state index in [1.165, 1.54) is 12.1 Å². The van der Waals surface area contributed by atoms with Gasteiger partial charge in [0.1, 0.15) is 35.7 Å². The van der Waals surface area contributed by atoms with Crippen LogP contribution in [-0.4, -0.2) is 124 Å². The molecule has 8 rings (SSSR count). The number of piperazine rings is 2. The van der Waals surface area contributed by atoms with E-state index >= 15 is 8.78 Å². The van der Waals surface area contributed by atoms with Gasteiger partial charge in [-0.2, -0.15) is 0 Å². The fourth-order valence-corrected chi connectivity index (χ4v) is 8.42. The molecule has 0 bridgehead atoms. The number of nitrogens with zero attached hydrogens (tertiary/aromatic N) is 6. The maximum Gasteiger partial charge on any atom is 0.256 e. The zero-order valence-corrected chi connectivity index (χ0v) is 33.0. The van der Waals surface area contributed by atoms with Crippen LogP contribution in [0.2, 0.25) is 0 Å². The quantitative estimate of drug-likeness (QED) is 0.231. The van der Waals surface area contributed by atoms with Crippen molar-refractivity contribution in [3.05, 3.63) is 67.7 Å². The van der Waals surface area contributed by atoms with Gasteiger partial charge in [-0.15, -0.1) is 0 Å². The van der Waals surface area contributed by atoms with Crippen LogP contribution in [0.1, 0.15) is 65.9 Å². The Morgan fingerprint density at radius 1 is 0.649 bits per heavy atom. The first-order valence-electron chi connectivity index (χ1n) is 19.9. The molecule has 2 saturated heterocycles. The molecular weight excluding hydrogens is 738 g/mol. The summed E-state index contributed by atoms with van der Waals surface area (Å²) in [6.07, 6.45) is 4.88. The van der Waals surface area contributed by atoms with Gasteiger partial charge in [0.05, 0.1) is 33.9 Å². The van der Waals surface area contributed by atoms with Crippen molar-refractivity contribution < 1.29 is 27.8 Å². The predicted octanol–water partition coefficient (Wildman–Crippen LogP) is 3.34. The summed E-state index contributed by atoms with van der Waals surface area (Å²) in [4.78, 5) is 62.2. The first kappa shape index (κ1) is 38.6. The molecule has 2 N–H and O–H groups in total. The maximum absolute atomic E-state index is 15.7. The van der Waals surface area contributed by atoms with Crippen molar-refractivity contribution >= 4 is 45.0 Å². The maximum atomic E-state index is 15.7. The number of hydrogen-bond donors (Lipinski definition) is 2. The van der Waals surface area contributed by atoms with E-state index in [4.69, 9.17) is 9.47 Å². The molecule has 0 saturated carbocycles. The number of anilines is 2. The Hall–Kier alpha value is -5.22. The van der Waals surface area contributed by atoms with Crippen molar-refractivity contribution in [3.8, 4) is 11.5 Å². The topological polar surface area (TPSA) is 134 Å². The van der Waals surface area contributed by atoms with E-state index in [9.17, 15) is 19.2 Å². The Kier molecular flexibility index (Phi) is 10.6. The zero-order valence-electron chi connectivity index (χ0n) is 33.0. The van der Waals surface area contributed by atoms with Gasteiger partial charge in [-0.05, 0) is 59.3 Å². The molecule has 2 atom stereocenters. The molecular formula is C41H50F2N8O6. The molecule has 6 heterocycles. The van der Waals surface area contributed by atoms with Gasteiger partial charge in [-0.3, -0.25) is 19.2 Å². The summed E-state index contributed by atoms with van der Waals surface area (Å²) in [5.74, 6) is -1.50. The van der Waals surface area contributed by atoms with Crippen LogP contribution in [0.4, 0.5) is 20.2 Å². The largest absolute Gasteiger partial charge is 0.487 e. The van der Waals surface area contributed by atoms with Crippen LogP contribution in [0, 0.1) is 11.6 Å². The minimum Gasteiger partial charge on any atom is -0.487 e. The lowest BCUT2D eigenvalue weighted by molar-refractivity contribution is 0.0945. The van der Waals surface area contributed by atoms with Crippen molar-refractivity contribution in [2.24, 2.45) is 0 Å². The number of carbonyl (C=O) groups excluding carboxylic acids is 2. The van der Waals surface area contributed by atoms with Crippen LogP contribution in [0.3, 0.4) is 0 Å². The molecule has 0 unspecified atom stereocenters. The Morgan fingerprint density at radius 3 is 1.42 bits per heavy atom. The zero-order chi connectivity index (χ0) is 40.1. The molecule has 4 aliphatic heterocycles. The number of aromatic nitrogens is 2. The number of likely N-dealkylation sites (N-methyl/N-ethyl adjacent to an activating group) is 2. The number of unbranched alkanes of at least 4 members (excludes halogenated alkanes) is 2. The summed E-state index contributed by atoms with van der Waals surface area (Å²) in [5, 5.41) is 5.86. The van der Waals surface area contributed by atoms with Gasteiger partial charge in [0.15, 0.2) is 23.1 Å². The van der Waals surface area contributed by atoms with Crippen LogP contribution in [0.5, 0.6) is 11.5 Å². The number of amides is 2. The lowest BCUT2D eigenvalue weighted by Crippen LogP contribution is -2.45. The van der Waals surface area contributed by atoms with Gasteiger partial charge in [-0.25, -0.2) is 8.78 Å². The van der Waals surface area contributed by atoms with Crippen molar-refractivity contribution in [2.45, 2.75) is 45.2 Å². The smallest absolute Gasteiger partial charge is 0.256 e. The molecule has 2 amide bonds. The van der Waals surface area contributed by atoms with Crippen LogP contribution in [-0.2, 0) is 0 Å². The summed E-state index contributed by atoms with van der Waals surface area (Å²) in [7, 11) is 4.04. The minimum absolute atomic E-state index is 0.0645. The molecule has 0 aliphatic carbocycles. The summed E-state index contributed by atoms with van der Waals surface area (Å²) < 4.78 is 47.2. The summed E-state index contributed by atoms with van der Waals surface area (Å²) in [6.45, 7) is 10.6. The SMILES string of the molecule is C[C@H]1COc2c(N3CCN(C)CC3)c(F)cc3c(=O)c(C(=O)NCCCCCNC(=O)c4cn5c6c(c(N7CCN(C)CC7)c(F)cc6c4=O)OC[C@@H]5C)cn1c23. The molecule has 4 aromatic rings. The van der Waals surface area contributed by atoms with Gasteiger partial charge >= 0.3 is 0 Å². The van der Waals surface area contributed by atoms with Crippen molar-refractivity contribution in [3.63, 3.8) is 0 Å². The average Bonchev–Trinajstić information content (AvgIpc) is 3.19. The van der Waals surface area contributed by atoms with E-state index < -0.39 is 34.3 Å². The third-order valence-corrected chi connectivity index (χ3v) is 11.8. The number of ether oxygens (including phenoxy) is 2. The monoisotopic (exact) mass is 788 g/mol. The lowest BCUT2D eigenvalue weighted by Gasteiger charge is -2.37. The summed E-state index contributed by atoms with van der Waals surface area (Å²) in [5.41, 5.74) is 0.456. The highest BCUT2D eigenvalue weighted by atomic mass is 19.1. The van der Waals surface area contributed by atoms with Crippen LogP contribution in [0.15, 0.2) is 34.1 Å². The number of pyridine rings is 2. The number of halogens is 2. The Labute approximate surface area is 328 Å². The Bertz CT molecular complexity index is 2200. The van der Waals surface area contributed by atoms with Crippen LogP contribution < -0.4 is 40.8 Å². The highest BCUT2D eigenvalue weighted by Gasteiger charge is 2.33. The van der Waals surface area contributed by atoms with Crippen LogP contribution in [0.25, 0.3) is 21.8 Å². The van der Waals surface area contributed by atoms with Crippen LogP contribution >= 0.6 is 0 Å². The Balaban J connectivity index is 0.894. The van der Waals surface area contributed by atoms with Crippen molar-refractivity contribution in [2.75, 3.05) is 103 Å². The molecule has 304 valence electrons. The molecule has 16 heteroatoms. The summed E-state index contributed by atoms with van der Waals surface area (Å²) >= 11 is 0. The van der Waals surface area contributed by atoms with E-state index in [1.54, 1.807) is 12.4 Å². The molecule has 2 aromatic heterocycles. The number of hydrogen-bond acceptors (Lipinski definition) is 10. The lowest BCUT2D eigenvalue weighted by atomic mass is 10.0. The molecule has 14 nitrogen and oxygen atoms in total. The van der Waals surface area contributed by atoms with Crippen molar-refractivity contribution in [1.29, 1.82) is 0 Å². The second-order valence-corrected chi connectivity index (χ2v) is 15.9. The standard InChI is InChI=1S/C41H50F2N8O6/c1-24-22-56-38-32-26(18-30(42)34(38)48-14-10-46(3)11-15-48)36(52)28(20-50(24)32)40(54)44-8-6-5-7-9-45-41(55)29-21-51-25(2)23-57-39-33(51)27(37(29)53)19-31(43)35(39)49-16-12-47(4)13-17-49/h18-21,24-25H,5-17,22-23H2,1-4H3,(H,44,54)(H,45,55)/t24-,25-/m0/s1. The molecule has 57 heavy (non-hydrogen) atoms. The van der Waals surface area contributed by atoms with Gasteiger partial charge < -0.3 is 48.8 Å². The fraction of sp³-hybridized carbons (Fsp3) is 0.512. The first-order valence-corrected chi connectivity index (χ1v) is 19.9. The van der Waals surface area contributed by atoms with Crippen molar-refractivity contribution in [1.82, 2.24) is 29.6 Å². The molecule has 2 fully saturated rings.